The number of hydrogen-bond acceptors (Lipinski definition) is 6. The van der Waals surface area contributed by atoms with Crippen LogP contribution in [-0.4, -0.2) is 29.2 Å². The minimum atomic E-state index is -0.969. The summed E-state index contributed by atoms with van der Waals surface area (Å²) in [6.07, 6.45) is 2.68. The van der Waals surface area contributed by atoms with Crippen LogP contribution in [0.1, 0.15) is 28.9 Å². The van der Waals surface area contributed by atoms with Crippen LogP contribution in [0.25, 0.3) is 0 Å². The first-order valence-electron chi connectivity index (χ1n) is 8.84. The summed E-state index contributed by atoms with van der Waals surface area (Å²) >= 11 is 1.21. The monoisotopic (exact) mass is 404 g/mol. The van der Waals surface area contributed by atoms with E-state index >= 15 is 0 Å². The predicted octanol–water partition coefficient (Wildman–Crippen LogP) is 3.25. The maximum absolute atomic E-state index is 14.8. The molecule has 4 rings (SSSR count). The van der Waals surface area contributed by atoms with Gasteiger partial charge < -0.3 is 15.8 Å². The molecule has 0 radical (unpaired) electrons. The van der Waals surface area contributed by atoms with Crippen LogP contribution in [0.3, 0.4) is 0 Å². The van der Waals surface area contributed by atoms with Crippen molar-refractivity contribution in [3.63, 3.8) is 0 Å². The normalized spacial score (nSPS) is 24.2. The lowest BCUT2D eigenvalue weighted by atomic mass is 9.88. The SMILES string of the molecule is NC1=NC[C@H]2CCCO[C@@]2(c2cc(NC(=O)c3ccc(F)cn3)ccc2F)S1. The van der Waals surface area contributed by atoms with Gasteiger partial charge in [-0.1, -0.05) is 0 Å². The van der Waals surface area contributed by atoms with Crippen molar-refractivity contribution in [2.45, 2.75) is 17.8 Å². The first kappa shape index (κ1) is 18.8. The molecule has 1 amide bonds. The number of aliphatic imine (C=N–C) groups is 1. The van der Waals surface area contributed by atoms with Crippen molar-refractivity contribution < 1.29 is 18.3 Å². The van der Waals surface area contributed by atoms with Gasteiger partial charge in [0.1, 0.15) is 17.3 Å². The van der Waals surface area contributed by atoms with Crippen LogP contribution >= 0.6 is 11.8 Å². The van der Waals surface area contributed by atoms with Gasteiger partial charge in [-0.15, -0.1) is 0 Å². The van der Waals surface area contributed by atoms with E-state index in [4.69, 9.17) is 10.5 Å². The van der Waals surface area contributed by atoms with Crippen LogP contribution < -0.4 is 11.1 Å². The lowest BCUT2D eigenvalue weighted by Crippen LogP contribution is -2.45. The molecule has 0 saturated carbocycles. The van der Waals surface area contributed by atoms with Crippen LogP contribution in [0.5, 0.6) is 0 Å². The Morgan fingerprint density at radius 1 is 1.32 bits per heavy atom. The Bertz CT molecular complexity index is 938. The minimum Gasteiger partial charge on any atom is -0.378 e. The summed E-state index contributed by atoms with van der Waals surface area (Å²) in [5.41, 5.74) is 6.69. The number of carbonyl (C=O) groups is 1. The Morgan fingerprint density at radius 2 is 2.18 bits per heavy atom. The van der Waals surface area contributed by atoms with Crippen LogP contribution in [-0.2, 0) is 9.67 Å². The van der Waals surface area contributed by atoms with Gasteiger partial charge in [0.05, 0.1) is 6.20 Å². The molecule has 2 aromatic rings. The third-order valence-electron chi connectivity index (χ3n) is 4.83. The second-order valence-corrected chi connectivity index (χ2v) is 7.88. The van der Waals surface area contributed by atoms with Crippen molar-refractivity contribution in [2.75, 3.05) is 18.5 Å². The third-order valence-corrected chi connectivity index (χ3v) is 6.15. The molecule has 146 valence electrons. The summed E-state index contributed by atoms with van der Waals surface area (Å²) < 4.78 is 33.9. The zero-order valence-electron chi connectivity index (χ0n) is 14.8. The molecule has 2 aliphatic heterocycles. The second-order valence-electron chi connectivity index (χ2n) is 6.65. The minimum absolute atomic E-state index is 0.0160. The maximum Gasteiger partial charge on any atom is 0.274 e. The molecular weight excluding hydrogens is 386 g/mol. The van der Waals surface area contributed by atoms with Gasteiger partial charge in [-0.25, -0.2) is 13.8 Å². The summed E-state index contributed by atoms with van der Waals surface area (Å²) in [5, 5.41) is 3.02. The fourth-order valence-electron chi connectivity index (χ4n) is 3.50. The van der Waals surface area contributed by atoms with Crippen molar-refractivity contribution >= 4 is 28.5 Å². The van der Waals surface area contributed by atoms with Gasteiger partial charge in [-0.2, -0.15) is 0 Å². The summed E-state index contributed by atoms with van der Waals surface area (Å²) in [4.78, 5) is 19.4. The quantitative estimate of drug-likeness (QED) is 0.820. The Kier molecular flexibility index (Phi) is 5.03. The number of benzene rings is 1. The number of nitrogens with one attached hydrogen (secondary N) is 1. The van der Waals surface area contributed by atoms with E-state index < -0.39 is 22.5 Å². The number of amides is 1. The zero-order valence-corrected chi connectivity index (χ0v) is 15.6. The molecule has 1 fully saturated rings. The van der Waals surface area contributed by atoms with Gasteiger partial charge in [-0.3, -0.25) is 9.79 Å². The molecule has 1 aromatic heterocycles. The summed E-state index contributed by atoms with van der Waals surface area (Å²) in [6.45, 7) is 0.959. The molecule has 3 heterocycles. The molecule has 1 saturated heterocycles. The van der Waals surface area contributed by atoms with E-state index in [1.165, 1.54) is 30.0 Å². The molecule has 0 unspecified atom stereocenters. The number of anilines is 1. The zero-order chi connectivity index (χ0) is 19.7. The van der Waals surface area contributed by atoms with Gasteiger partial charge in [0.25, 0.3) is 5.91 Å². The summed E-state index contributed by atoms with van der Waals surface area (Å²) in [6, 6.07) is 6.73. The highest BCUT2D eigenvalue weighted by atomic mass is 32.2. The largest absolute Gasteiger partial charge is 0.378 e. The van der Waals surface area contributed by atoms with Crippen LogP contribution in [0, 0.1) is 17.6 Å². The molecule has 28 heavy (non-hydrogen) atoms. The highest BCUT2D eigenvalue weighted by Crippen LogP contribution is 2.51. The number of carbonyl (C=O) groups excluding carboxylic acids is 1. The molecular formula is C19H18F2N4O2S. The average molecular weight is 404 g/mol. The maximum atomic E-state index is 14.8. The van der Waals surface area contributed by atoms with Gasteiger partial charge in [0, 0.05) is 30.3 Å². The van der Waals surface area contributed by atoms with E-state index in [1.807, 2.05) is 0 Å². The lowest BCUT2D eigenvalue weighted by molar-refractivity contribution is -0.0561. The Labute approximate surface area is 164 Å². The van der Waals surface area contributed by atoms with Crippen molar-refractivity contribution in [3.8, 4) is 0 Å². The highest BCUT2D eigenvalue weighted by Gasteiger charge is 2.49. The topological polar surface area (TPSA) is 89.6 Å². The number of hydrogen-bond donors (Lipinski definition) is 2. The number of nitrogens with zero attached hydrogens (tertiary/aromatic N) is 2. The number of rotatable bonds is 3. The number of nitrogens with two attached hydrogens (primary N) is 1. The number of ether oxygens (including phenoxy) is 1. The Morgan fingerprint density at radius 3 is 2.96 bits per heavy atom. The third kappa shape index (κ3) is 3.47. The first-order chi connectivity index (χ1) is 13.5. The van der Waals surface area contributed by atoms with Crippen molar-refractivity contribution in [1.29, 1.82) is 0 Å². The first-order valence-corrected chi connectivity index (χ1v) is 9.65. The Balaban J connectivity index is 1.66. The molecule has 3 N–H and O–H groups in total. The van der Waals surface area contributed by atoms with Crippen molar-refractivity contribution in [2.24, 2.45) is 16.6 Å². The number of pyridine rings is 1. The van der Waals surface area contributed by atoms with Crippen LogP contribution in [0.4, 0.5) is 14.5 Å². The van der Waals surface area contributed by atoms with E-state index in [1.54, 1.807) is 6.07 Å². The number of amidine groups is 1. The fraction of sp³-hybridized carbons (Fsp3) is 0.316. The summed E-state index contributed by atoms with van der Waals surface area (Å²) in [5.74, 6) is -1.51. The smallest absolute Gasteiger partial charge is 0.274 e. The molecule has 2 aliphatic rings. The van der Waals surface area contributed by atoms with Crippen LogP contribution in [0.15, 0.2) is 41.5 Å². The van der Waals surface area contributed by atoms with E-state index in [2.05, 4.69) is 15.3 Å². The van der Waals surface area contributed by atoms with Gasteiger partial charge in [0.2, 0.25) is 0 Å². The number of aromatic nitrogens is 1. The molecule has 0 aliphatic carbocycles. The number of fused-ring (bicyclic) bond motifs is 1. The molecule has 2 atom stereocenters. The molecule has 1 aromatic carbocycles. The van der Waals surface area contributed by atoms with E-state index in [9.17, 15) is 13.6 Å². The van der Waals surface area contributed by atoms with E-state index in [-0.39, 0.29) is 11.6 Å². The average Bonchev–Trinajstić information content (AvgIpc) is 2.69. The van der Waals surface area contributed by atoms with Gasteiger partial charge in [-0.05, 0) is 54.9 Å². The van der Waals surface area contributed by atoms with Crippen molar-refractivity contribution in [3.05, 3.63) is 59.4 Å². The molecule has 0 spiro atoms. The Hall–Kier alpha value is -2.52. The molecule has 9 heteroatoms. The highest BCUT2D eigenvalue weighted by molar-refractivity contribution is 8.14. The van der Waals surface area contributed by atoms with Gasteiger partial charge >= 0.3 is 0 Å². The number of halogens is 2. The number of thioether (sulfide) groups is 1. The van der Waals surface area contributed by atoms with Gasteiger partial charge in [0.15, 0.2) is 10.1 Å². The fourth-order valence-corrected chi connectivity index (χ4v) is 4.72. The van der Waals surface area contributed by atoms with Crippen LogP contribution in [0.2, 0.25) is 0 Å². The lowest BCUT2D eigenvalue weighted by Gasteiger charge is -2.45. The summed E-state index contributed by atoms with van der Waals surface area (Å²) in [7, 11) is 0. The molecule has 0 bridgehead atoms. The molecule has 6 nitrogen and oxygen atoms in total. The van der Waals surface area contributed by atoms with E-state index in [0.29, 0.717) is 29.6 Å². The standard InChI is InChI=1S/C19H18F2N4O2S/c20-12-3-6-16(23-10-12)17(26)25-13-4-5-15(21)14(8-13)19-11(2-1-7-27-19)9-24-18(22)28-19/h3-6,8,10-11H,1-2,7,9H2,(H2,22,24)(H,25,26)/t11-,19-/m1/s1. The van der Waals surface area contributed by atoms with E-state index in [0.717, 1.165) is 25.1 Å². The second kappa shape index (κ2) is 7.48. The van der Waals surface area contributed by atoms with Crippen molar-refractivity contribution in [1.82, 2.24) is 4.98 Å². The predicted molar refractivity (Wildman–Crippen MR) is 103 cm³/mol.